The number of hydrogen-bond donors (Lipinski definition) is 1. The Balaban J connectivity index is 2.30. The minimum atomic E-state index is 0.272. The number of aromatic nitrogens is 3. The molecule has 0 aliphatic rings. The zero-order valence-corrected chi connectivity index (χ0v) is 10.1. The van der Waals surface area contributed by atoms with Gasteiger partial charge in [-0.05, 0) is 19.4 Å². The van der Waals surface area contributed by atoms with Crippen LogP contribution in [-0.2, 0) is 0 Å². The highest BCUT2D eigenvalue weighted by molar-refractivity contribution is 5.53. The molecule has 0 aliphatic heterocycles. The van der Waals surface area contributed by atoms with E-state index in [0.29, 0.717) is 0 Å². The Bertz CT molecular complexity index is 489. The van der Waals surface area contributed by atoms with Crippen molar-refractivity contribution in [2.45, 2.75) is 25.8 Å². The molecule has 2 rings (SSSR count). The van der Waals surface area contributed by atoms with Crippen LogP contribution in [0, 0.1) is 0 Å². The summed E-state index contributed by atoms with van der Waals surface area (Å²) in [5.74, 6) is 0. The van der Waals surface area contributed by atoms with Gasteiger partial charge in [0.15, 0.2) is 0 Å². The fourth-order valence-electron chi connectivity index (χ4n) is 1.93. The first-order chi connectivity index (χ1) is 8.36. The topological polar surface area (TPSA) is 42.2 Å². The van der Waals surface area contributed by atoms with Gasteiger partial charge in [0.1, 0.15) is 0 Å². The second kappa shape index (κ2) is 5.59. The van der Waals surface area contributed by atoms with Gasteiger partial charge in [-0.25, -0.2) is 4.52 Å². The lowest BCUT2D eigenvalue weighted by molar-refractivity contribution is 0.540. The largest absolute Gasteiger partial charge is 0.310 e. The van der Waals surface area contributed by atoms with Gasteiger partial charge in [-0.3, -0.25) is 4.98 Å². The van der Waals surface area contributed by atoms with Crippen LogP contribution in [0.15, 0.2) is 37.4 Å². The molecule has 0 spiro atoms. The van der Waals surface area contributed by atoms with Crippen LogP contribution >= 0.6 is 0 Å². The van der Waals surface area contributed by atoms with Crippen LogP contribution < -0.4 is 5.32 Å². The summed E-state index contributed by atoms with van der Waals surface area (Å²) >= 11 is 0. The molecule has 4 nitrogen and oxygen atoms in total. The lowest BCUT2D eigenvalue weighted by atomic mass is 10.1. The number of nitrogens with zero attached hydrogens (tertiary/aromatic N) is 3. The molecule has 0 fully saturated rings. The average molecular weight is 230 g/mol. The molecular formula is C13H18N4. The zero-order chi connectivity index (χ0) is 12.1. The predicted molar refractivity (Wildman–Crippen MR) is 68.8 cm³/mol. The minimum Gasteiger partial charge on any atom is -0.310 e. The Kier molecular flexibility index (Phi) is 3.88. The average Bonchev–Trinajstić information content (AvgIpc) is 2.78. The number of fused-ring (bicyclic) bond motifs is 1. The lowest BCUT2D eigenvalue weighted by Crippen LogP contribution is -2.21. The SMILES string of the molecule is C=CCC(NCCC)c1cnn2ccncc12. The summed E-state index contributed by atoms with van der Waals surface area (Å²) in [6.45, 7) is 6.97. The molecule has 0 saturated carbocycles. The van der Waals surface area contributed by atoms with E-state index in [1.807, 2.05) is 29.2 Å². The molecule has 0 aromatic carbocycles. The van der Waals surface area contributed by atoms with Crippen molar-refractivity contribution < 1.29 is 0 Å². The van der Waals surface area contributed by atoms with Crippen molar-refractivity contribution in [2.24, 2.45) is 0 Å². The van der Waals surface area contributed by atoms with Crippen LogP contribution in [0.3, 0.4) is 0 Å². The van der Waals surface area contributed by atoms with Gasteiger partial charge in [0.05, 0.1) is 17.9 Å². The van der Waals surface area contributed by atoms with Gasteiger partial charge in [0.25, 0.3) is 0 Å². The van der Waals surface area contributed by atoms with Crippen LogP contribution in [0.4, 0.5) is 0 Å². The number of hydrogen-bond acceptors (Lipinski definition) is 3. The number of nitrogens with one attached hydrogen (secondary N) is 1. The molecule has 0 radical (unpaired) electrons. The molecule has 17 heavy (non-hydrogen) atoms. The molecule has 2 aromatic heterocycles. The van der Waals surface area contributed by atoms with E-state index in [0.717, 1.165) is 24.9 Å². The van der Waals surface area contributed by atoms with E-state index >= 15 is 0 Å². The maximum Gasteiger partial charge on any atom is 0.0892 e. The standard InChI is InChI=1S/C13H18N4/c1-3-5-12(15-6-4-2)11-9-16-17-8-7-14-10-13(11)17/h3,7-10,12,15H,1,4-6H2,2H3. The molecule has 1 atom stereocenters. The van der Waals surface area contributed by atoms with Crippen LogP contribution in [0.2, 0.25) is 0 Å². The van der Waals surface area contributed by atoms with Crippen LogP contribution in [0.1, 0.15) is 31.4 Å². The smallest absolute Gasteiger partial charge is 0.0892 e. The van der Waals surface area contributed by atoms with Gasteiger partial charge < -0.3 is 5.32 Å². The maximum absolute atomic E-state index is 4.33. The molecule has 1 unspecified atom stereocenters. The fourth-order valence-corrected chi connectivity index (χ4v) is 1.93. The summed E-state index contributed by atoms with van der Waals surface area (Å²) in [6, 6.07) is 0.272. The second-order valence-electron chi connectivity index (χ2n) is 4.04. The first-order valence-electron chi connectivity index (χ1n) is 5.98. The first-order valence-corrected chi connectivity index (χ1v) is 5.98. The molecule has 2 heterocycles. The maximum atomic E-state index is 4.33. The van der Waals surface area contributed by atoms with E-state index in [2.05, 4.69) is 28.9 Å². The van der Waals surface area contributed by atoms with Gasteiger partial charge in [0, 0.05) is 24.0 Å². The molecule has 90 valence electrons. The molecule has 1 N–H and O–H groups in total. The van der Waals surface area contributed by atoms with E-state index in [1.165, 1.54) is 5.56 Å². The Labute approximate surface area is 101 Å². The second-order valence-corrected chi connectivity index (χ2v) is 4.04. The summed E-state index contributed by atoms with van der Waals surface area (Å²) in [5.41, 5.74) is 2.24. The molecule has 0 aliphatic carbocycles. The Morgan fingerprint density at radius 2 is 2.41 bits per heavy atom. The summed E-state index contributed by atoms with van der Waals surface area (Å²) in [6.07, 6.45) is 11.3. The quantitative estimate of drug-likeness (QED) is 0.774. The normalized spacial score (nSPS) is 12.8. The minimum absolute atomic E-state index is 0.272. The summed E-state index contributed by atoms with van der Waals surface area (Å²) in [7, 11) is 0. The van der Waals surface area contributed by atoms with Crippen molar-refractivity contribution in [3.63, 3.8) is 0 Å². The third-order valence-corrected chi connectivity index (χ3v) is 2.77. The Morgan fingerprint density at radius 1 is 1.53 bits per heavy atom. The van der Waals surface area contributed by atoms with E-state index in [-0.39, 0.29) is 6.04 Å². The molecule has 2 aromatic rings. The molecule has 4 heteroatoms. The molecule has 0 bridgehead atoms. The van der Waals surface area contributed by atoms with Gasteiger partial charge in [-0.1, -0.05) is 13.0 Å². The van der Waals surface area contributed by atoms with Gasteiger partial charge in [-0.15, -0.1) is 6.58 Å². The van der Waals surface area contributed by atoms with Crippen molar-refractivity contribution in [1.29, 1.82) is 0 Å². The summed E-state index contributed by atoms with van der Waals surface area (Å²) < 4.78 is 1.85. The highest BCUT2D eigenvalue weighted by Gasteiger charge is 2.14. The monoisotopic (exact) mass is 230 g/mol. The van der Waals surface area contributed by atoms with Crippen molar-refractivity contribution in [3.05, 3.63) is 43.0 Å². The first kappa shape index (κ1) is 11.8. The van der Waals surface area contributed by atoms with E-state index in [4.69, 9.17) is 0 Å². The van der Waals surface area contributed by atoms with Crippen LogP contribution in [0.25, 0.3) is 5.52 Å². The fraction of sp³-hybridized carbons (Fsp3) is 0.385. The van der Waals surface area contributed by atoms with Crippen LogP contribution in [0.5, 0.6) is 0 Å². The summed E-state index contributed by atoms with van der Waals surface area (Å²) in [4.78, 5) is 4.15. The van der Waals surface area contributed by atoms with E-state index in [9.17, 15) is 0 Å². The van der Waals surface area contributed by atoms with Gasteiger partial charge >= 0.3 is 0 Å². The van der Waals surface area contributed by atoms with Crippen molar-refractivity contribution in [2.75, 3.05) is 6.54 Å². The summed E-state index contributed by atoms with van der Waals surface area (Å²) in [5, 5.41) is 7.84. The predicted octanol–water partition coefficient (Wildman–Crippen LogP) is 2.35. The molecule has 0 amide bonds. The Morgan fingerprint density at radius 3 is 3.18 bits per heavy atom. The van der Waals surface area contributed by atoms with Crippen molar-refractivity contribution in [1.82, 2.24) is 19.9 Å². The lowest BCUT2D eigenvalue weighted by Gasteiger charge is -2.15. The highest BCUT2D eigenvalue weighted by Crippen LogP contribution is 2.21. The van der Waals surface area contributed by atoms with E-state index < -0.39 is 0 Å². The van der Waals surface area contributed by atoms with Gasteiger partial charge in [-0.2, -0.15) is 5.10 Å². The molecule has 0 saturated heterocycles. The third-order valence-electron chi connectivity index (χ3n) is 2.77. The van der Waals surface area contributed by atoms with Crippen LogP contribution in [-0.4, -0.2) is 21.1 Å². The van der Waals surface area contributed by atoms with Crippen molar-refractivity contribution >= 4 is 5.52 Å². The van der Waals surface area contributed by atoms with E-state index in [1.54, 1.807) is 6.20 Å². The third kappa shape index (κ3) is 2.53. The van der Waals surface area contributed by atoms with Crippen molar-refractivity contribution in [3.8, 4) is 0 Å². The molecular weight excluding hydrogens is 212 g/mol. The zero-order valence-electron chi connectivity index (χ0n) is 10.1. The Hall–Kier alpha value is -1.68. The van der Waals surface area contributed by atoms with Gasteiger partial charge in [0.2, 0.25) is 0 Å². The highest BCUT2D eigenvalue weighted by atomic mass is 15.2. The number of rotatable bonds is 6.